The maximum Gasteiger partial charge on any atom is 0.230 e. The molecule has 3 aromatic heterocycles. The van der Waals surface area contributed by atoms with Crippen molar-refractivity contribution in [1.82, 2.24) is 24.6 Å². The molecule has 0 saturated carbocycles. The van der Waals surface area contributed by atoms with Gasteiger partial charge < -0.3 is 10.2 Å². The molecule has 0 bridgehead atoms. The number of aromatic nitrogens is 5. The van der Waals surface area contributed by atoms with Gasteiger partial charge in [-0.05, 0) is 43.2 Å². The molecule has 166 valence electrons. The molecule has 4 aromatic rings. The lowest BCUT2D eigenvalue weighted by Gasteiger charge is -2.30. The fourth-order valence-corrected chi connectivity index (χ4v) is 4.38. The minimum atomic E-state index is 0.342. The Hall–Kier alpha value is -3.22. The first-order valence-corrected chi connectivity index (χ1v) is 11.6. The van der Waals surface area contributed by atoms with E-state index in [1.807, 2.05) is 17.6 Å². The molecule has 1 aliphatic rings. The Morgan fingerprint density at radius 3 is 2.66 bits per heavy atom. The summed E-state index contributed by atoms with van der Waals surface area (Å²) in [6.07, 6.45) is 4.27. The SMILES string of the molecule is Cc1ccc2cccc(CNc3nc(N4CCC(C)CC4)nc4c(C(C)C)cnn34)c2n1. The van der Waals surface area contributed by atoms with Crippen LogP contribution in [0.5, 0.6) is 0 Å². The molecule has 1 aromatic carbocycles. The van der Waals surface area contributed by atoms with E-state index in [0.29, 0.717) is 12.5 Å². The van der Waals surface area contributed by atoms with Crippen LogP contribution in [0.4, 0.5) is 11.9 Å². The maximum atomic E-state index is 4.95. The van der Waals surface area contributed by atoms with Crippen LogP contribution in [0.1, 0.15) is 56.4 Å². The maximum absolute atomic E-state index is 4.95. The molecule has 7 heteroatoms. The lowest BCUT2D eigenvalue weighted by atomic mass is 10.00. The van der Waals surface area contributed by atoms with Crippen LogP contribution in [0.2, 0.25) is 0 Å². The summed E-state index contributed by atoms with van der Waals surface area (Å²) >= 11 is 0. The van der Waals surface area contributed by atoms with Gasteiger partial charge in [0.2, 0.25) is 11.9 Å². The highest BCUT2D eigenvalue weighted by Gasteiger charge is 2.22. The number of nitrogens with one attached hydrogen (secondary N) is 1. The third-order valence-corrected chi connectivity index (χ3v) is 6.45. The van der Waals surface area contributed by atoms with E-state index in [9.17, 15) is 0 Å². The first kappa shape index (κ1) is 20.7. The first-order chi connectivity index (χ1) is 15.5. The second-order valence-corrected chi connectivity index (χ2v) is 9.30. The van der Waals surface area contributed by atoms with E-state index in [1.165, 1.54) is 12.8 Å². The zero-order valence-electron chi connectivity index (χ0n) is 19.3. The zero-order chi connectivity index (χ0) is 22.2. The molecular weight excluding hydrogens is 398 g/mol. The molecule has 1 aliphatic heterocycles. The molecule has 0 aliphatic carbocycles. The van der Waals surface area contributed by atoms with Crippen molar-refractivity contribution in [2.24, 2.45) is 5.92 Å². The number of anilines is 2. The van der Waals surface area contributed by atoms with Crippen molar-refractivity contribution >= 4 is 28.4 Å². The number of benzene rings is 1. The summed E-state index contributed by atoms with van der Waals surface area (Å²) < 4.78 is 1.84. The lowest BCUT2D eigenvalue weighted by molar-refractivity contribution is 0.434. The van der Waals surface area contributed by atoms with E-state index in [2.05, 4.69) is 66.4 Å². The second-order valence-electron chi connectivity index (χ2n) is 9.30. The monoisotopic (exact) mass is 429 g/mol. The van der Waals surface area contributed by atoms with Gasteiger partial charge in [-0.3, -0.25) is 4.98 Å². The number of hydrogen-bond acceptors (Lipinski definition) is 6. The van der Waals surface area contributed by atoms with Gasteiger partial charge in [-0.25, -0.2) is 0 Å². The van der Waals surface area contributed by atoms with Crippen molar-refractivity contribution in [3.8, 4) is 0 Å². The van der Waals surface area contributed by atoms with Gasteiger partial charge in [0.25, 0.3) is 0 Å². The number of nitrogens with zero attached hydrogens (tertiary/aromatic N) is 6. The first-order valence-electron chi connectivity index (χ1n) is 11.6. The molecule has 7 nitrogen and oxygen atoms in total. The van der Waals surface area contributed by atoms with Gasteiger partial charge in [0.1, 0.15) is 0 Å². The summed E-state index contributed by atoms with van der Waals surface area (Å²) in [5.74, 6) is 2.62. The number of fused-ring (bicyclic) bond motifs is 2. The predicted molar refractivity (Wildman–Crippen MR) is 129 cm³/mol. The van der Waals surface area contributed by atoms with Gasteiger partial charge in [0.15, 0.2) is 5.65 Å². The van der Waals surface area contributed by atoms with Crippen LogP contribution in [0.15, 0.2) is 36.5 Å². The Morgan fingerprint density at radius 2 is 1.88 bits per heavy atom. The summed E-state index contributed by atoms with van der Waals surface area (Å²) in [5, 5.41) is 9.31. The van der Waals surface area contributed by atoms with Crippen molar-refractivity contribution in [3.05, 3.63) is 53.3 Å². The zero-order valence-corrected chi connectivity index (χ0v) is 19.3. The third kappa shape index (κ3) is 3.87. The summed E-state index contributed by atoms with van der Waals surface area (Å²) in [6, 6.07) is 10.5. The second kappa shape index (κ2) is 8.37. The van der Waals surface area contributed by atoms with Crippen LogP contribution in [0.25, 0.3) is 16.6 Å². The van der Waals surface area contributed by atoms with Crippen molar-refractivity contribution in [2.45, 2.75) is 53.0 Å². The summed E-state index contributed by atoms with van der Waals surface area (Å²) in [7, 11) is 0. The average molecular weight is 430 g/mol. The Balaban J connectivity index is 1.52. The molecule has 5 rings (SSSR count). The number of rotatable bonds is 5. The van der Waals surface area contributed by atoms with Crippen LogP contribution in [-0.4, -0.2) is 37.7 Å². The largest absolute Gasteiger partial charge is 0.350 e. The molecule has 4 heterocycles. The minimum Gasteiger partial charge on any atom is -0.350 e. The molecule has 0 unspecified atom stereocenters. The fourth-order valence-electron chi connectivity index (χ4n) is 4.38. The molecule has 0 atom stereocenters. The van der Waals surface area contributed by atoms with Crippen LogP contribution >= 0.6 is 0 Å². The van der Waals surface area contributed by atoms with Crippen LogP contribution in [0.3, 0.4) is 0 Å². The van der Waals surface area contributed by atoms with Gasteiger partial charge in [-0.2, -0.15) is 19.6 Å². The highest BCUT2D eigenvalue weighted by Crippen LogP contribution is 2.26. The van der Waals surface area contributed by atoms with Gasteiger partial charge in [-0.15, -0.1) is 0 Å². The van der Waals surface area contributed by atoms with Crippen molar-refractivity contribution < 1.29 is 0 Å². The van der Waals surface area contributed by atoms with E-state index in [4.69, 9.17) is 15.0 Å². The highest BCUT2D eigenvalue weighted by molar-refractivity contribution is 5.82. The molecule has 0 amide bonds. The van der Waals surface area contributed by atoms with E-state index >= 15 is 0 Å². The molecule has 1 saturated heterocycles. The summed E-state index contributed by atoms with van der Waals surface area (Å²) in [6.45, 7) is 11.3. The van der Waals surface area contributed by atoms with Gasteiger partial charge in [0.05, 0.1) is 11.7 Å². The molecule has 1 fully saturated rings. The van der Waals surface area contributed by atoms with Gasteiger partial charge in [0, 0.05) is 36.3 Å². The lowest BCUT2D eigenvalue weighted by Crippen LogP contribution is -2.34. The van der Waals surface area contributed by atoms with E-state index in [0.717, 1.165) is 64.3 Å². The van der Waals surface area contributed by atoms with Crippen molar-refractivity contribution in [3.63, 3.8) is 0 Å². The quantitative estimate of drug-likeness (QED) is 0.484. The van der Waals surface area contributed by atoms with Crippen LogP contribution < -0.4 is 10.2 Å². The molecule has 0 spiro atoms. The Kier molecular flexibility index (Phi) is 5.41. The molecule has 32 heavy (non-hydrogen) atoms. The van der Waals surface area contributed by atoms with E-state index in [1.54, 1.807) is 0 Å². The normalized spacial score (nSPS) is 15.2. The smallest absolute Gasteiger partial charge is 0.230 e. The Morgan fingerprint density at radius 1 is 1.06 bits per heavy atom. The van der Waals surface area contributed by atoms with Crippen LogP contribution in [-0.2, 0) is 6.54 Å². The topological polar surface area (TPSA) is 71.2 Å². The van der Waals surface area contributed by atoms with Gasteiger partial charge >= 0.3 is 0 Å². The van der Waals surface area contributed by atoms with Crippen LogP contribution in [0, 0.1) is 12.8 Å². The number of pyridine rings is 1. The number of piperidine rings is 1. The summed E-state index contributed by atoms with van der Waals surface area (Å²) in [4.78, 5) is 16.9. The Labute approximate surface area is 188 Å². The van der Waals surface area contributed by atoms with Crippen molar-refractivity contribution in [2.75, 3.05) is 23.3 Å². The van der Waals surface area contributed by atoms with Crippen molar-refractivity contribution in [1.29, 1.82) is 0 Å². The Bertz CT molecular complexity index is 1250. The number of para-hydroxylation sites is 1. The molecule has 0 radical (unpaired) electrons. The van der Waals surface area contributed by atoms with E-state index < -0.39 is 0 Å². The third-order valence-electron chi connectivity index (χ3n) is 6.45. The highest BCUT2D eigenvalue weighted by atomic mass is 15.4. The summed E-state index contributed by atoms with van der Waals surface area (Å²) in [5.41, 5.74) is 5.22. The van der Waals surface area contributed by atoms with E-state index in [-0.39, 0.29) is 0 Å². The molecular formula is C25H31N7. The molecule has 1 N–H and O–H groups in total. The average Bonchev–Trinajstić information content (AvgIpc) is 3.22. The van der Waals surface area contributed by atoms with Gasteiger partial charge in [-0.1, -0.05) is 45.0 Å². The predicted octanol–water partition coefficient (Wildman–Crippen LogP) is 4.95. The number of hydrogen-bond donors (Lipinski definition) is 1. The standard InChI is InChI=1S/C25H31N7/c1-16(2)21-15-27-32-23(21)29-25(31-12-10-17(3)11-13-31)30-24(32)26-14-20-7-5-6-19-9-8-18(4)28-22(19)20/h5-9,15-17H,10-14H2,1-4H3,(H,26,29,30). The fraction of sp³-hybridized carbons (Fsp3) is 0.440. The minimum absolute atomic E-state index is 0.342. The number of aryl methyl sites for hydroxylation is 1.